The summed E-state index contributed by atoms with van der Waals surface area (Å²) < 4.78 is 0. The Morgan fingerprint density at radius 3 is 1.57 bits per heavy atom. The zero-order chi connectivity index (χ0) is 32.3. The minimum Gasteiger partial charge on any atom is -0.507 e. The van der Waals surface area contributed by atoms with Gasteiger partial charge in [-0.05, 0) is 80.3 Å². The molecule has 6 N–H and O–H groups in total. The number of unbranched alkanes of at least 4 members (excludes halogenated alkanes) is 5. The van der Waals surface area contributed by atoms with Crippen LogP contribution in [0.5, 0.6) is 11.5 Å². The maximum absolute atomic E-state index is 12.9. The molecule has 0 saturated heterocycles. The van der Waals surface area contributed by atoms with Crippen LogP contribution in [0, 0.1) is 5.92 Å². The van der Waals surface area contributed by atoms with Crippen LogP contribution in [0.3, 0.4) is 0 Å². The highest BCUT2D eigenvalue weighted by molar-refractivity contribution is 5.98. The molecule has 44 heavy (non-hydrogen) atoms. The minimum absolute atomic E-state index is 0.0813. The summed E-state index contributed by atoms with van der Waals surface area (Å²) in [6.07, 6.45) is 10.9. The second-order valence-corrected chi connectivity index (χ2v) is 11.3. The van der Waals surface area contributed by atoms with Crippen LogP contribution in [0.4, 0.5) is 0 Å². The summed E-state index contributed by atoms with van der Waals surface area (Å²) in [5.74, 6) is -2.50. The Morgan fingerprint density at radius 1 is 0.614 bits per heavy atom. The molecule has 0 bridgehead atoms. The molecule has 4 amide bonds. The van der Waals surface area contributed by atoms with Crippen molar-refractivity contribution in [3.63, 3.8) is 0 Å². The average molecular weight is 611 g/mol. The van der Waals surface area contributed by atoms with E-state index in [1.807, 2.05) is 0 Å². The first kappa shape index (κ1) is 36.1. The van der Waals surface area contributed by atoms with E-state index in [1.54, 1.807) is 36.4 Å². The molecule has 10 heteroatoms. The molecule has 1 unspecified atom stereocenters. The summed E-state index contributed by atoms with van der Waals surface area (Å²) >= 11 is 0. The molecule has 0 aromatic heterocycles. The van der Waals surface area contributed by atoms with E-state index < -0.39 is 11.8 Å². The lowest BCUT2D eigenvalue weighted by Gasteiger charge is -2.17. The topological polar surface area (TPSA) is 157 Å². The van der Waals surface area contributed by atoms with Gasteiger partial charge in [-0.3, -0.25) is 40.9 Å². The predicted octanol–water partition coefficient (Wildman–Crippen LogP) is 5.76. The third-order valence-corrected chi connectivity index (χ3v) is 7.60. The molecule has 2 rings (SSSR count). The first-order chi connectivity index (χ1) is 21.2. The van der Waals surface area contributed by atoms with Crippen molar-refractivity contribution in [3.8, 4) is 11.5 Å². The zero-order valence-corrected chi connectivity index (χ0v) is 26.5. The third-order valence-electron chi connectivity index (χ3n) is 7.60. The number of aryl methyl sites for hydroxylation is 2. The molecule has 0 radical (unpaired) electrons. The lowest BCUT2D eigenvalue weighted by molar-refractivity contribution is -0.126. The van der Waals surface area contributed by atoms with Crippen LogP contribution in [0.1, 0.15) is 130 Å². The number of hydrazine groups is 2. The van der Waals surface area contributed by atoms with Gasteiger partial charge in [-0.2, -0.15) is 0 Å². The SMILES string of the molecule is CCCCCC(CCCCC(=O)NNC(=O)c1ccc(CCCC)cc1O)C(=O)NNC(=O)c1ccc(CCCC)cc1O. The largest absolute Gasteiger partial charge is 0.507 e. The molecule has 0 aliphatic heterocycles. The van der Waals surface area contributed by atoms with E-state index in [9.17, 15) is 29.4 Å². The van der Waals surface area contributed by atoms with Crippen molar-refractivity contribution in [3.05, 3.63) is 58.7 Å². The highest BCUT2D eigenvalue weighted by Crippen LogP contribution is 2.22. The van der Waals surface area contributed by atoms with Gasteiger partial charge in [0, 0.05) is 12.3 Å². The monoisotopic (exact) mass is 610 g/mol. The van der Waals surface area contributed by atoms with Gasteiger partial charge in [0.05, 0.1) is 11.1 Å². The third kappa shape index (κ3) is 12.7. The number of rotatable bonds is 18. The predicted molar refractivity (Wildman–Crippen MR) is 171 cm³/mol. The number of nitrogens with one attached hydrogen (secondary N) is 4. The maximum Gasteiger partial charge on any atom is 0.273 e. The number of phenolic OH excluding ortho intramolecular Hbond substituents is 2. The number of hydrogen-bond donors (Lipinski definition) is 6. The van der Waals surface area contributed by atoms with E-state index in [1.165, 1.54) is 0 Å². The summed E-state index contributed by atoms with van der Waals surface area (Å²) in [7, 11) is 0. The number of hydrogen-bond acceptors (Lipinski definition) is 6. The fraction of sp³-hybridized carbons (Fsp3) is 0.529. The van der Waals surface area contributed by atoms with Crippen molar-refractivity contribution < 1.29 is 29.4 Å². The fourth-order valence-electron chi connectivity index (χ4n) is 4.88. The Kier molecular flexibility index (Phi) is 16.4. The summed E-state index contributed by atoms with van der Waals surface area (Å²) in [5.41, 5.74) is 11.7. The molecule has 0 saturated carbocycles. The van der Waals surface area contributed by atoms with Crippen LogP contribution in [-0.2, 0) is 22.4 Å². The molecule has 0 fully saturated rings. The molecule has 1 atom stereocenters. The van der Waals surface area contributed by atoms with Crippen molar-refractivity contribution in [2.24, 2.45) is 5.92 Å². The van der Waals surface area contributed by atoms with Crippen molar-refractivity contribution in [2.45, 2.75) is 111 Å². The Morgan fingerprint density at radius 2 is 1.09 bits per heavy atom. The fourth-order valence-corrected chi connectivity index (χ4v) is 4.88. The van der Waals surface area contributed by atoms with Gasteiger partial charge < -0.3 is 10.2 Å². The molecule has 0 aliphatic carbocycles. The van der Waals surface area contributed by atoms with Gasteiger partial charge in [0.1, 0.15) is 11.5 Å². The molecule has 10 nitrogen and oxygen atoms in total. The average Bonchev–Trinajstić information content (AvgIpc) is 3.01. The summed E-state index contributed by atoms with van der Waals surface area (Å²) in [6, 6.07) is 9.84. The van der Waals surface area contributed by atoms with E-state index in [0.717, 1.165) is 68.9 Å². The number of carbonyl (C=O) groups excluding carboxylic acids is 4. The van der Waals surface area contributed by atoms with Gasteiger partial charge in [0.2, 0.25) is 11.8 Å². The molecule has 2 aromatic rings. The smallest absolute Gasteiger partial charge is 0.273 e. The van der Waals surface area contributed by atoms with Crippen LogP contribution < -0.4 is 21.7 Å². The number of benzene rings is 2. The first-order valence-corrected chi connectivity index (χ1v) is 16.0. The standard InChI is InChI=1S/C34H50N4O6/c1-4-7-10-15-26(32(42)36-38-34(44)28-21-19-25(14-9-6-3)23-30(28)40)16-11-12-17-31(41)35-37-33(43)27-20-18-24(13-8-5-2)22-29(27)39/h18-23,26,39-40H,4-17H2,1-3H3,(H,35,41)(H,36,42)(H,37,43)(H,38,44). The van der Waals surface area contributed by atoms with E-state index >= 15 is 0 Å². The van der Waals surface area contributed by atoms with Gasteiger partial charge in [-0.1, -0.05) is 71.4 Å². The van der Waals surface area contributed by atoms with Gasteiger partial charge in [0.15, 0.2) is 0 Å². The van der Waals surface area contributed by atoms with Crippen molar-refractivity contribution in [2.75, 3.05) is 0 Å². The number of amides is 4. The van der Waals surface area contributed by atoms with E-state index in [-0.39, 0.29) is 46.8 Å². The summed E-state index contributed by atoms with van der Waals surface area (Å²) in [4.78, 5) is 50.3. The first-order valence-electron chi connectivity index (χ1n) is 16.0. The Hall–Kier alpha value is -4.08. The van der Waals surface area contributed by atoms with Crippen LogP contribution in [-0.4, -0.2) is 33.8 Å². The second-order valence-electron chi connectivity index (χ2n) is 11.3. The van der Waals surface area contributed by atoms with Gasteiger partial charge in [-0.15, -0.1) is 0 Å². The molecule has 0 spiro atoms. The zero-order valence-electron chi connectivity index (χ0n) is 26.5. The van der Waals surface area contributed by atoms with E-state index in [0.29, 0.717) is 25.7 Å². The van der Waals surface area contributed by atoms with Crippen LogP contribution in [0.15, 0.2) is 36.4 Å². The number of phenols is 2. The van der Waals surface area contributed by atoms with Crippen molar-refractivity contribution in [1.29, 1.82) is 0 Å². The molecule has 0 heterocycles. The van der Waals surface area contributed by atoms with Crippen molar-refractivity contribution in [1.82, 2.24) is 21.7 Å². The van der Waals surface area contributed by atoms with Gasteiger partial charge >= 0.3 is 0 Å². The van der Waals surface area contributed by atoms with Crippen LogP contribution in [0.25, 0.3) is 0 Å². The Labute approximate surface area is 261 Å². The lowest BCUT2D eigenvalue weighted by Crippen LogP contribution is -2.44. The number of aromatic hydroxyl groups is 2. The molecule has 242 valence electrons. The molecular weight excluding hydrogens is 560 g/mol. The highest BCUT2D eigenvalue weighted by atomic mass is 16.3. The Balaban J connectivity index is 1.79. The Bertz CT molecular complexity index is 1230. The summed E-state index contributed by atoms with van der Waals surface area (Å²) in [6.45, 7) is 6.25. The quantitative estimate of drug-likeness (QED) is 0.0930. The molecule has 0 aliphatic rings. The minimum atomic E-state index is -0.603. The van der Waals surface area contributed by atoms with Crippen LogP contribution >= 0.6 is 0 Å². The van der Waals surface area contributed by atoms with Gasteiger partial charge in [0.25, 0.3) is 11.8 Å². The normalized spacial score (nSPS) is 11.4. The lowest BCUT2D eigenvalue weighted by atomic mass is 9.94. The highest BCUT2D eigenvalue weighted by Gasteiger charge is 2.20. The molecular formula is C34H50N4O6. The van der Waals surface area contributed by atoms with E-state index in [4.69, 9.17) is 0 Å². The summed E-state index contributed by atoms with van der Waals surface area (Å²) in [5, 5.41) is 20.5. The number of carbonyl (C=O) groups is 4. The van der Waals surface area contributed by atoms with Crippen molar-refractivity contribution >= 4 is 23.6 Å². The maximum atomic E-state index is 12.9. The van der Waals surface area contributed by atoms with E-state index in [2.05, 4.69) is 42.5 Å². The second kappa shape index (κ2) is 20.0. The molecule has 2 aromatic carbocycles. The van der Waals surface area contributed by atoms with Gasteiger partial charge in [-0.25, -0.2) is 0 Å². The van der Waals surface area contributed by atoms with Crippen LogP contribution in [0.2, 0.25) is 0 Å².